The van der Waals surface area contributed by atoms with Gasteiger partial charge in [-0.25, -0.2) is 4.57 Å². The van der Waals surface area contributed by atoms with Crippen LogP contribution in [0.15, 0.2) is 59.0 Å². The number of unbranched alkanes of at least 4 members (excludes halogenated alkanes) is 3. The minimum atomic E-state index is 0.0497. The number of pyridine rings is 1. The average molecular weight is 372 g/mol. The molecule has 0 spiro atoms. The number of benzene rings is 1. The maximum atomic E-state index is 9.12. The van der Waals surface area contributed by atoms with Crippen molar-refractivity contribution >= 4 is 17.1 Å². The zero-order chi connectivity index (χ0) is 19.3. The summed E-state index contributed by atoms with van der Waals surface area (Å²) < 4.78 is 2.18. The second-order valence-corrected chi connectivity index (χ2v) is 6.51. The molecule has 0 aliphatic heterocycles. The molecule has 1 aromatic carbocycles. The Labute approximate surface area is 161 Å². The first-order valence-corrected chi connectivity index (χ1v) is 9.74. The quantitative estimate of drug-likeness (QED) is 0.339. The number of aliphatic hydroxyl groups excluding tert-OH is 2. The van der Waals surface area contributed by atoms with Gasteiger partial charge in [-0.15, -0.1) is 0 Å². The van der Waals surface area contributed by atoms with Crippen molar-refractivity contribution in [3.05, 3.63) is 48.8 Å². The lowest BCUT2D eigenvalue weighted by Crippen LogP contribution is -2.32. The van der Waals surface area contributed by atoms with E-state index >= 15 is 0 Å². The molecular formula is C21H31N4O2+. The Morgan fingerprint density at radius 2 is 1.41 bits per heavy atom. The smallest absolute Gasteiger partial charge is 0.171 e. The van der Waals surface area contributed by atoms with E-state index in [9.17, 15) is 0 Å². The van der Waals surface area contributed by atoms with Crippen LogP contribution < -0.4 is 9.47 Å². The van der Waals surface area contributed by atoms with E-state index < -0.39 is 0 Å². The fourth-order valence-corrected chi connectivity index (χ4v) is 2.84. The number of hydrogen-bond donors (Lipinski definition) is 2. The molecule has 0 bridgehead atoms. The molecule has 0 fully saturated rings. The van der Waals surface area contributed by atoms with Crippen LogP contribution in [0.3, 0.4) is 0 Å². The van der Waals surface area contributed by atoms with Gasteiger partial charge in [-0.1, -0.05) is 19.8 Å². The van der Waals surface area contributed by atoms with E-state index in [2.05, 4.69) is 21.7 Å². The van der Waals surface area contributed by atoms with Gasteiger partial charge in [0.25, 0.3) is 0 Å². The van der Waals surface area contributed by atoms with Crippen LogP contribution in [0, 0.1) is 0 Å². The first-order chi connectivity index (χ1) is 13.3. The molecule has 0 aliphatic rings. The topological polar surface area (TPSA) is 72.3 Å². The molecule has 2 aromatic rings. The zero-order valence-electron chi connectivity index (χ0n) is 16.2. The van der Waals surface area contributed by atoms with Gasteiger partial charge in [-0.3, -0.25) is 0 Å². The Bertz CT molecular complexity index is 666. The highest BCUT2D eigenvalue weighted by Gasteiger charge is 2.05. The summed E-state index contributed by atoms with van der Waals surface area (Å²) >= 11 is 0. The highest BCUT2D eigenvalue weighted by atomic mass is 16.3. The van der Waals surface area contributed by atoms with Gasteiger partial charge in [0.05, 0.1) is 24.6 Å². The Morgan fingerprint density at radius 3 is 1.96 bits per heavy atom. The van der Waals surface area contributed by atoms with Gasteiger partial charge >= 0.3 is 0 Å². The average Bonchev–Trinajstić information content (AvgIpc) is 2.71. The molecule has 6 nitrogen and oxygen atoms in total. The number of nitrogens with zero attached hydrogens (tertiary/aromatic N) is 4. The van der Waals surface area contributed by atoms with Crippen molar-refractivity contribution in [2.75, 3.05) is 31.2 Å². The first kappa shape index (κ1) is 21.0. The molecule has 2 rings (SSSR count). The molecule has 2 N–H and O–H groups in total. The summed E-state index contributed by atoms with van der Waals surface area (Å²) in [6, 6.07) is 11.6. The zero-order valence-corrected chi connectivity index (χ0v) is 16.2. The number of aromatic nitrogens is 1. The normalized spacial score (nSPS) is 11.2. The van der Waals surface area contributed by atoms with Crippen molar-refractivity contribution in [2.24, 2.45) is 10.2 Å². The molecule has 146 valence electrons. The highest BCUT2D eigenvalue weighted by Crippen LogP contribution is 2.21. The largest absolute Gasteiger partial charge is 0.395 e. The fourth-order valence-electron chi connectivity index (χ4n) is 2.84. The predicted octanol–water partition coefficient (Wildman–Crippen LogP) is 3.76. The molecule has 0 unspecified atom stereocenters. The maximum Gasteiger partial charge on any atom is 0.171 e. The summed E-state index contributed by atoms with van der Waals surface area (Å²) in [5, 5.41) is 26.8. The summed E-state index contributed by atoms with van der Waals surface area (Å²) in [7, 11) is 0. The monoisotopic (exact) mass is 371 g/mol. The summed E-state index contributed by atoms with van der Waals surface area (Å²) in [4.78, 5) is 1.93. The third-order valence-electron chi connectivity index (χ3n) is 4.38. The van der Waals surface area contributed by atoms with Crippen LogP contribution in [0.25, 0.3) is 0 Å². The standard InChI is InChI=1S/C21H31N4O2/c1-2-3-4-5-12-24-13-10-20(11-14-24)23-22-19-6-8-21(9-7-19)25(15-17-26)16-18-27/h6-11,13-14,26-27H,2-5,12,15-18H2,1H3/q+1. The molecular weight excluding hydrogens is 340 g/mol. The lowest BCUT2D eigenvalue weighted by molar-refractivity contribution is -0.697. The molecule has 6 heteroatoms. The van der Waals surface area contributed by atoms with E-state index in [4.69, 9.17) is 10.2 Å². The summed E-state index contributed by atoms with van der Waals surface area (Å²) in [6.45, 7) is 4.34. The van der Waals surface area contributed by atoms with Gasteiger partial charge < -0.3 is 15.1 Å². The molecule has 0 amide bonds. The number of aliphatic hydroxyl groups is 2. The molecule has 27 heavy (non-hydrogen) atoms. The van der Waals surface area contributed by atoms with E-state index in [0.29, 0.717) is 13.1 Å². The van der Waals surface area contributed by atoms with Gasteiger partial charge in [-0.05, 0) is 30.7 Å². The van der Waals surface area contributed by atoms with Crippen LogP contribution in [-0.2, 0) is 6.54 Å². The minimum absolute atomic E-state index is 0.0497. The van der Waals surface area contributed by atoms with Crippen molar-refractivity contribution in [1.82, 2.24) is 0 Å². The molecule has 0 radical (unpaired) electrons. The Balaban J connectivity index is 1.91. The summed E-state index contributed by atoms with van der Waals surface area (Å²) in [5.41, 5.74) is 2.54. The molecule has 1 aromatic heterocycles. The number of azo groups is 1. The van der Waals surface area contributed by atoms with Crippen LogP contribution in [-0.4, -0.2) is 36.5 Å². The van der Waals surface area contributed by atoms with E-state index in [1.807, 2.05) is 53.7 Å². The second kappa shape index (κ2) is 12.1. The van der Waals surface area contributed by atoms with E-state index in [-0.39, 0.29) is 13.2 Å². The lowest BCUT2D eigenvalue weighted by atomic mass is 10.2. The molecule has 0 atom stereocenters. The van der Waals surface area contributed by atoms with Gasteiger partial charge in [-0.2, -0.15) is 10.2 Å². The van der Waals surface area contributed by atoms with E-state index in [1.165, 1.54) is 25.7 Å². The lowest BCUT2D eigenvalue weighted by Gasteiger charge is -2.22. The van der Waals surface area contributed by atoms with Gasteiger partial charge in [0.15, 0.2) is 12.4 Å². The number of anilines is 1. The first-order valence-electron chi connectivity index (χ1n) is 9.74. The van der Waals surface area contributed by atoms with Crippen molar-refractivity contribution in [3.63, 3.8) is 0 Å². The third kappa shape index (κ3) is 7.45. The number of rotatable bonds is 12. The Morgan fingerprint density at radius 1 is 0.815 bits per heavy atom. The third-order valence-corrected chi connectivity index (χ3v) is 4.38. The van der Waals surface area contributed by atoms with Gasteiger partial charge in [0.2, 0.25) is 0 Å². The van der Waals surface area contributed by atoms with E-state index in [0.717, 1.165) is 23.6 Å². The maximum absolute atomic E-state index is 9.12. The highest BCUT2D eigenvalue weighted by molar-refractivity contribution is 5.52. The van der Waals surface area contributed by atoms with Gasteiger partial charge in [0.1, 0.15) is 6.54 Å². The van der Waals surface area contributed by atoms with Crippen molar-refractivity contribution in [3.8, 4) is 0 Å². The van der Waals surface area contributed by atoms with Crippen molar-refractivity contribution in [1.29, 1.82) is 0 Å². The Hall–Kier alpha value is -2.31. The number of hydrogen-bond acceptors (Lipinski definition) is 5. The Kier molecular flexibility index (Phi) is 9.44. The van der Waals surface area contributed by atoms with E-state index in [1.54, 1.807) is 0 Å². The minimum Gasteiger partial charge on any atom is -0.395 e. The van der Waals surface area contributed by atoms with Crippen LogP contribution in [0.5, 0.6) is 0 Å². The van der Waals surface area contributed by atoms with Crippen LogP contribution in [0.1, 0.15) is 32.6 Å². The fraction of sp³-hybridized carbons (Fsp3) is 0.476. The van der Waals surface area contributed by atoms with Crippen LogP contribution in [0.4, 0.5) is 17.1 Å². The SMILES string of the molecule is CCCCCC[n+]1ccc(/N=N/c2ccc(N(CCO)CCO)cc2)cc1. The van der Waals surface area contributed by atoms with Crippen molar-refractivity contribution in [2.45, 2.75) is 39.2 Å². The van der Waals surface area contributed by atoms with Crippen LogP contribution >= 0.6 is 0 Å². The van der Waals surface area contributed by atoms with Crippen molar-refractivity contribution < 1.29 is 14.8 Å². The second-order valence-electron chi connectivity index (χ2n) is 6.51. The van der Waals surface area contributed by atoms with Crippen LogP contribution in [0.2, 0.25) is 0 Å². The predicted molar refractivity (Wildman–Crippen MR) is 108 cm³/mol. The molecule has 0 saturated heterocycles. The molecule has 1 heterocycles. The summed E-state index contributed by atoms with van der Waals surface area (Å²) in [6.07, 6.45) is 9.12. The number of aryl methyl sites for hydroxylation is 1. The van der Waals surface area contributed by atoms with Gasteiger partial charge in [0, 0.05) is 37.3 Å². The molecule has 0 aliphatic carbocycles. The summed E-state index contributed by atoms with van der Waals surface area (Å²) in [5.74, 6) is 0. The molecule has 0 saturated carbocycles.